The van der Waals surface area contributed by atoms with Gasteiger partial charge in [0.2, 0.25) is 21.7 Å². The Balaban J connectivity index is 1.33. The van der Waals surface area contributed by atoms with Crippen LogP contribution in [-0.4, -0.2) is 63.8 Å². The van der Waals surface area contributed by atoms with Gasteiger partial charge in [0.25, 0.3) is 0 Å². The van der Waals surface area contributed by atoms with Crippen LogP contribution in [0.15, 0.2) is 70.6 Å². The number of aromatic nitrogens is 5. The maximum Gasteiger partial charge on any atom is 0.339 e. The standard InChI is InChI=1S/C23H22N6O5S/c1-33-23(30)18-5-2-3-6-20(18)35(31,32)28-13-8-16(9-14-28)22-26-21(27-34-22)17-7-11-24-15-19(17)29-12-4-10-25-29/h2-7,10-12,15-16H,8-9,13-14H2,1H3. The van der Waals surface area contributed by atoms with Crippen molar-refractivity contribution in [3.8, 4) is 17.1 Å². The fourth-order valence-electron chi connectivity index (χ4n) is 4.13. The van der Waals surface area contributed by atoms with E-state index in [1.54, 1.807) is 47.7 Å². The van der Waals surface area contributed by atoms with Gasteiger partial charge in [0.1, 0.15) is 0 Å². The van der Waals surface area contributed by atoms with Gasteiger partial charge in [0.15, 0.2) is 0 Å². The van der Waals surface area contributed by atoms with Gasteiger partial charge in [-0.25, -0.2) is 17.9 Å². The molecule has 1 aromatic carbocycles. The molecule has 0 atom stereocenters. The van der Waals surface area contributed by atoms with Gasteiger partial charge in [-0.15, -0.1) is 0 Å². The van der Waals surface area contributed by atoms with Crippen LogP contribution in [0.3, 0.4) is 0 Å². The Labute approximate surface area is 201 Å². The van der Waals surface area contributed by atoms with Gasteiger partial charge in [-0.3, -0.25) is 4.98 Å². The van der Waals surface area contributed by atoms with E-state index in [1.165, 1.54) is 23.5 Å². The van der Waals surface area contributed by atoms with E-state index >= 15 is 0 Å². The van der Waals surface area contributed by atoms with E-state index in [2.05, 4.69) is 20.2 Å². The first kappa shape index (κ1) is 22.9. The molecule has 0 bridgehead atoms. The van der Waals surface area contributed by atoms with Gasteiger partial charge >= 0.3 is 5.97 Å². The van der Waals surface area contributed by atoms with Crippen LogP contribution in [0, 0.1) is 0 Å². The number of piperidine rings is 1. The Kier molecular flexibility index (Phi) is 6.14. The predicted molar refractivity (Wildman–Crippen MR) is 123 cm³/mol. The zero-order valence-electron chi connectivity index (χ0n) is 18.8. The van der Waals surface area contributed by atoms with E-state index in [1.807, 2.05) is 6.07 Å². The number of sulfonamides is 1. The monoisotopic (exact) mass is 494 g/mol. The summed E-state index contributed by atoms with van der Waals surface area (Å²) in [4.78, 5) is 20.8. The predicted octanol–water partition coefficient (Wildman–Crippen LogP) is 2.67. The van der Waals surface area contributed by atoms with Gasteiger partial charge in [-0.1, -0.05) is 17.3 Å². The van der Waals surface area contributed by atoms with E-state index in [-0.39, 0.29) is 29.5 Å². The molecule has 5 rings (SSSR count). The molecule has 1 saturated heterocycles. The number of benzene rings is 1. The molecular weight excluding hydrogens is 472 g/mol. The molecule has 4 aromatic rings. The number of hydrogen-bond donors (Lipinski definition) is 0. The lowest BCUT2D eigenvalue weighted by molar-refractivity contribution is 0.0596. The maximum atomic E-state index is 13.3. The SMILES string of the molecule is COC(=O)c1ccccc1S(=O)(=O)N1CCC(c2nc(-c3ccncc3-n3cccn3)no2)CC1. The van der Waals surface area contributed by atoms with Crippen LogP contribution in [-0.2, 0) is 14.8 Å². The lowest BCUT2D eigenvalue weighted by Gasteiger charge is -2.30. The fraction of sp³-hybridized carbons (Fsp3) is 0.261. The number of carbonyl (C=O) groups is 1. The molecule has 0 N–H and O–H groups in total. The highest BCUT2D eigenvalue weighted by Gasteiger charge is 2.34. The molecule has 1 aliphatic heterocycles. The second-order valence-electron chi connectivity index (χ2n) is 7.97. The van der Waals surface area contributed by atoms with Gasteiger partial charge < -0.3 is 9.26 Å². The summed E-state index contributed by atoms with van der Waals surface area (Å²) < 4.78 is 39.9. The minimum atomic E-state index is -3.87. The summed E-state index contributed by atoms with van der Waals surface area (Å²) in [5.41, 5.74) is 1.46. The van der Waals surface area contributed by atoms with Crippen molar-refractivity contribution < 1.29 is 22.5 Å². The van der Waals surface area contributed by atoms with Gasteiger partial charge in [-0.05, 0) is 37.1 Å². The van der Waals surface area contributed by atoms with Crippen molar-refractivity contribution in [3.63, 3.8) is 0 Å². The second-order valence-corrected chi connectivity index (χ2v) is 9.87. The van der Waals surface area contributed by atoms with Crippen LogP contribution in [0.5, 0.6) is 0 Å². The topological polar surface area (TPSA) is 133 Å². The van der Waals surface area contributed by atoms with Crippen molar-refractivity contribution >= 4 is 16.0 Å². The maximum absolute atomic E-state index is 13.3. The molecule has 35 heavy (non-hydrogen) atoms. The number of rotatable bonds is 6. The third-order valence-corrected chi connectivity index (χ3v) is 7.90. The normalized spacial score (nSPS) is 15.2. The van der Waals surface area contributed by atoms with E-state index in [0.717, 1.165) is 11.3 Å². The van der Waals surface area contributed by atoms with Crippen LogP contribution in [0.2, 0.25) is 0 Å². The first-order chi connectivity index (χ1) is 17.0. The third-order valence-electron chi connectivity index (χ3n) is 5.95. The molecule has 12 heteroatoms. The Morgan fingerprint density at radius 2 is 1.91 bits per heavy atom. The molecule has 180 valence electrons. The van der Waals surface area contributed by atoms with Crippen LogP contribution in [0.4, 0.5) is 0 Å². The molecular formula is C23H22N6O5S. The molecule has 0 aliphatic carbocycles. The summed E-state index contributed by atoms with van der Waals surface area (Å²) in [5.74, 6) is 0.0850. The average molecular weight is 495 g/mol. The highest BCUT2D eigenvalue weighted by Crippen LogP contribution is 2.32. The number of ether oxygens (including phenoxy) is 1. The molecule has 0 saturated carbocycles. The van der Waals surface area contributed by atoms with Crippen molar-refractivity contribution in [1.82, 2.24) is 29.2 Å². The highest BCUT2D eigenvalue weighted by molar-refractivity contribution is 7.89. The number of esters is 1. The smallest absolute Gasteiger partial charge is 0.339 e. The summed E-state index contributed by atoms with van der Waals surface area (Å²) in [6, 6.07) is 9.66. The van der Waals surface area contributed by atoms with Crippen molar-refractivity contribution in [2.75, 3.05) is 20.2 Å². The summed E-state index contributed by atoms with van der Waals surface area (Å²) in [5, 5.41) is 8.40. The molecule has 11 nitrogen and oxygen atoms in total. The molecule has 1 fully saturated rings. The Bertz CT molecular complexity index is 1440. The van der Waals surface area contributed by atoms with Crippen molar-refractivity contribution in [1.29, 1.82) is 0 Å². The zero-order chi connectivity index (χ0) is 24.4. The molecule has 3 aromatic heterocycles. The van der Waals surface area contributed by atoms with E-state index in [0.29, 0.717) is 24.6 Å². The van der Waals surface area contributed by atoms with E-state index in [4.69, 9.17) is 9.26 Å². The molecule has 4 heterocycles. The minimum absolute atomic E-state index is 0.0176. The van der Waals surface area contributed by atoms with E-state index < -0.39 is 16.0 Å². The minimum Gasteiger partial charge on any atom is -0.465 e. The molecule has 0 spiro atoms. The summed E-state index contributed by atoms with van der Waals surface area (Å²) in [6.07, 6.45) is 7.80. The summed E-state index contributed by atoms with van der Waals surface area (Å²) in [7, 11) is -2.65. The molecule has 0 amide bonds. The average Bonchev–Trinajstić information content (AvgIpc) is 3.61. The quantitative estimate of drug-likeness (QED) is 0.371. The van der Waals surface area contributed by atoms with E-state index in [9.17, 15) is 13.2 Å². The van der Waals surface area contributed by atoms with Crippen LogP contribution in [0.25, 0.3) is 17.1 Å². The Hall–Kier alpha value is -3.90. The zero-order valence-corrected chi connectivity index (χ0v) is 19.6. The Morgan fingerprint density at radius 1 is 1.11 bits per heavy atom. The molecule has 1 aliphatic rings. The number of hydrogen-bond acceptors (Lipinski definition) is 9. The van der Waals surface area contributed by atoms with Crippen LogP contribution in [0.1, 0.15) is 35.0 Å². The van der Waals surface area contributed by atoms with Gasteiger partial charge in [0, 0.05) is 37.6 Å². The number of nitrogens with zero attached hydrogens (tertiary/aromatic N) is 6. The van der Waals surface area contributed by atoms with Crippen molar-refractivity contribution in [2.45, 2.75) is 23.7 Å². The first-order valence-corrected chi connectivity index (χ1v) is 12.4. The third kappa shape index (κ3) is 4.33. The molecule has 0 unspecified atom stereocenters. The van der Waals surface area contributed by atoms with Crippen molar-refractivity contribution in [2.24, 2.45) is 0 Å². The molecule has 0 radical (unpaired) electrons. The first-order valence-electron chi connectivity index (χ1n) is 10.9. The lowest BCUT2D eigenvalue weighted by atomic mass is 9.98. The van der Waals surface area contributed by atoms with Crippen LogP contribution >= 0.6 is 0 Å². The largest absolute Gasteiger partial charge is 0.465 e. The summed E-state index contributed by atoms with van der Waals surface area (Å²) >= 11 is 0. The van der Waals surface area contributed by atoms with Gasteiger partial charge in [-0.2, -0.15) is 14.4 Å². The number of methoxy groups -OCH3 is 1. The highest BCUT2D eigenvalue weighted by atomic mass is 32.2. The fourth-order valence-corrected chi connectivity index (χ4v) is 5.78. The summed E-state index contributed by atoms with van der Waals surface area (Å²) in [6.45, 7) is 0.516. The van der Waals surface area contributed by atoms with Gasteiger partial charge in [0.05, 0.1) is 35.0 Å². The number of carbonyl (C=O) groups excluding carboxylic acids is 1. The Morgan fingerprint density at radius 3 is 2.66 bits per heavy atom. The number of pyridine rings is 1. The van der Waals surface area contributed by atoms with Crippen molar-refractivity contribution in [3.05, 3.63) is 72.6 Å². The van der Waals surface area contributed by atoms with Crippen LogP contribution < -0.4 is 0 Å². The second kappa shape index (κ2) is 9.39. The lowest BCUT2D eigenvalue weighted by Crippen LogP contribution is -2.38.